The molecule has 2 atom stereocenters. The molecular weight excluding hydrogens is 454 g/mol. The minimum atomic E-state index is -0.694. The topological polar surface area (TPSA) is 104 Å². The van der Waals surface area contributed by atoms with Gasteiger partial charge in [0.05, 0.1) is 17.9 Å². The fourth-order valence-corrected chi connectivity index (χ4v) is 5.71. The van der Waals surface area contributed by atoms with Crippen molar-refractivity contribution in [3.8, 4) is 5.82 Å². The van der Waals surface area contributed by atoms with Crippen LogP contribution in [0, 0.1) is 6.92 Å². The molecule has 2 fully saturated rings. The Labute approximate surface area is 210 Å². The lowest BCUT2D eigenvalue weighted by molar-refractivity contribution is 0.0572. The Morgan fingerprint density at radius 3 is 2.61 bits per heavy atom. The normalized spacial score (nSPS) is 21.1. The number of nitrogens with zero attached hydrogens (tertiary/aromatic N) is 6. The second-order valence-electron chi connectivity index (χ2n) is 10.3. The number of rotatable bonds is 6. The minimum absolute atomic E-state index is 0.460. The molecule has 6 rings (SSSR count). The molecule has 36 heavy (non-hydrogen) atoms. The van der Waals surface area contributed by atoms with Gasteiger partial charge < -0.3 is 20.1 Å². The molecule has 3 aromatic heterocycles. The van der Waals surface area contributed by atoms with E-state index in [1.54, 1.807) is 10.9 Å². The molecule has 0 radical (unpaired) electrons. The molecule has 2 aliphatic rings. The van der Waals surface area contributed by atoms with E-state index in [2.05, 4.69) is 51.4 Å². The van der Waals surface area contributed by atoms with Crippen LogP contribution in [-0.2, 0) is 13.6 Å². The van der Waals surface area contributed by atoms with Crippen LogP contribution in [-0.4, -0.2) is 64.7 Å². The van der Waals surface area contributed by atoms with E-state index in [9.17, 15) is 10.2 Å². The predicted octanol–water partition coefficient (Wildman–Crippen LogP) is 3.40. The van der Waals surface area contributed by atoms with Crippen molar-refractivity contribution in [3.05, 3.63) is 59.7 Å². The Morgan fingerprint density at radius 2 is 1.83 bits per heavy atom. The Kier molecular flexibility index (Phi) is 5.99. The molecule has 0 spiro atoms. The maximum Gasteiger partial charge on any atom is 0.229 e. The molecular formula is C27H33N7O2. The van der Waals surface area contributed by atoms with Crippen molar-refractivity contribution in [3.63, 3.8) is 0 Å². The van der Waals surface area contributed by atoms with Gasteiger partial charge >= 0.3 is 0 Å². The number of β-amino-alcohol motifs (C(OH)–C–C–N with tert-alkyl or cyclic N) is 2. The number of anilines is 2. The zero-order valence-electron chi connectivity index (χ0n) is 20.8. The Hall–Kier alpha value is -3.27. The van der Waals surface area contributed by atoms with Crippen LogP contribution in [0.15, 0.2) is 42.9 Å². The predicted molar refractivity (Wildman–Crippen MR) is 139 cm³/mol. The van der Waals surface area contributed by atoms with E-state index in [1.165, 1.54) is 42.1 Å². The van der Waals surface area contributed by atoms with E-state index in [0.29, 0.717) is 37.3 Å². The number of hydrogen-bond donors (Lipinski definition) is 3. The highest BCUT2D eigenvalue weighted by Crippen LogP contribution is 2.39. The lowest BCUT2D eigenvalue weighted by Gasteiger charge is -2.13. The van der Waals surface area contributed by atoms with Gasteiger partial charge in [-0.25, -0.2) is 9.67 Å². The fraction of sp³-hybridized carbons (Fsp3) is 0.444. The van der Waals surface area contributed by atoms with Gasteiger partial charge in [0.2, 0.25) is 5.95 Å². The van der Waals surface area contributed by atoms with Gasteiger partial charge in [0.25, 0.3) is 0 Å². The lowest BCUT2D eigenvalue weighted by atomic mass is 9.97. The number of benzene rings is 1. The first-order valence-corrected chi connectivity index (χ1v) is 12.8. The summed E-state index contributed by atoms with van der Waals surface area (Å²) in [7, 11) is 2.12. The van der Waals surface area contributed by atoms with E-state index in [4.69, 9.17) is 4.98 Å². The van der Waals surface area contributed by atoms with Gasteiger partial charge in [-0.3, -0.25) is 4.90 Å². The molecule has 1 aromatic carbocycles. The summed E-state index contributed by atoms with van der Waals surface area (Å²) in [5.41, 5.74) is 5.59. The summed E-state index contributed by atoms with van der Waals surface area (Å²) >= 11 is 0. The SMILES string of the molecule is Cc1nn(-c2ccnc(Nc3ccc4c(c3)c(C3CCCC3)cn4C)n2)cc1CN1CC(O)C(O)C1. The third kappa shape index (κ3) is 4.38. The number of aliphatic hydroxyl groups is 2. The quantitative estimate of drug-likeness (QED) is 0.383. The van der Waals surface area contributed by atoms with Crippen LogP contribution in [0.3, 0.4) is 0 Å². The third-order valence-electron chi connectivity index (χ3n) is 7.68. The van der Waals surface area contributed by atoms with Crippen molar-refractivity contribution in [2.24, 2.45) is 7.05 Å². The van der Waals surface area contributed by atoms with Gasteiger partial charge in [0, 0.05) is 73.5 Å². The first-order valence-electron chi connectivity index (χ1n) is 12.8. The number of fused-ring (bicyclic) bond motifs is 1. The number of nitrogens with one attached hydrogen (secondary N) is 1. The number of likely N-dealkylation sites (tertiary alicyclic amines) is 1. The fourth-order valence-electron chi connectivity index (χ4n) is 5.71. The summed E-state index contributed by atoms with van der Waals surface area (Å²) in [5, 5.41) is 29.0. The molecule has 1 aliphatic heterocycles. The maximum absolute atomic E-state index is 9.84. The van der Waals surface area contributed by atoms with Crippen LogP contribution >= 0.6 is 0 Å². The molecule has 188 valence electrons. The molecule has 3 N–H and O–H groups in total. The van der Waals surface area contributed by atoms with E-state index < -0.39 is 12.2 Å². The lowest BCUT2D eigenvalue weighted by Crippen LogP contribution is -2.22. The molecule has 0 amide bonds. The van der Waals surface area contributed by atoms with Crippen molar-refractivity contribution >= 4 is 22.5 Å². The highest BCUT2D eigenvalue weighted by molar-refractivity contribution is 5.88. The number of aromatic nitrogens is 5. The van der Waals surface area contributed by atoms with Gasteiger partial charge in [0.1, 0.15) is 0 Å². The van der Waals surface area contributed by atoms with Crippen molar-refractivity contribution in [1.29, 1.82) is 0 Å². The first-order chi connectivity index (χ1) is 17.4. The molecule has 1 saturated carbocycles. The summed E-state index contributed by atoms with van der Waals surface area (Å²) in [6, 6.07) is 8.29. The van der Waals surface area contributed by atoms with Crippen LogP contribution in [0.5, 0.6) is 0 Å². The average Bonchev–Trinajstić information content (AvgIpc) is 3.64. The smallest absolute Gasteiger partial charge is 0.229 e. The third-order valence-corrected chi connectivity index (χ3v) is 7.68. The maximum atomic E-state index is 9.84. The van der Waals surface area contributed by atoms with E-state index in [0.717, 1.165) is 16.9 Å². The van der Waals surface area contributed by atoms with E-state index in [1.807, 2.05) is 24.1 Å². The molecule has 4 heterocycles. The van der Waals surface area contributed by atoms with Crippen LogP contribution in [0.2, 0.25) is 0 Å². The van der Waals surface area contributed by atoms with Crippen LogP contribution < -0.4 is 5.32 Å². The molecule has 2 unspecified atom stereocenters. The monoisotopic (exact) mass is 487 g/mol. The van der Waals surface area contributed by atoms with Crippen LogP contribution in [0.4, 0.5) is 11.6 Å². The largest absolute Gasteiger partial charge is 0.389 e. The summed E-state index contributed by atoms with van der Waals surface area (Å²) in [4.78, 5) is 11.2. The second kappa shape index (κ2) is 9.31. The van der Waals surface area contributed by atoms with Crippen LogP contribution in [0.1, 0.15) is 48.4 Å². The standard InChI is InChI=1S/C27H33N7O2/c1-17-19(12-33-15-24(35)25(36)16-33)13-34(31-17)26-9-10-28-27(30-26)29-20-7-8-23-21(11-20)22(14-32(23)2)18-5-3-4-6-18/h7-11,13-14,18,24-25,35-36H,3-6,12,15-16H2,1-2H3,(H,28,29,30). The van der Waals surface area contributed by atoms with Gasteiger partial charge in [-0.2, -0.15) is 10.1 Å². The zero-order valence-corrected chi connectivity index (χ0v) is 20.8. The van der Waals surface area contributed by atoms with Crippen molar-refractivity contribution in [2.45, 2.75) is 57.3 Å². The molecule has 9 nitrogen and oxygen atoms in total. The van der Waals surface area contributed by atoms with E-state index >= 15 is 0 Å². The van der Waals surface area contributed by atoms with Gasteiger partial charge in [-0.1, -0.05) is 12.8 Å². The highest BCUT2D eigenvalue weighted by Gasteiger charge is 2.30. The van der Waals surface area contributed by atoms with Gasteiger partial charge in [0.15, 0.2) is 5.82 Å². The molecule has 0 bridgehead atoms. The highest BCUT2D eigenvalue weighted by atomic mass is 16.3. The first kappa shape index (κ1) is 23.1. The van der Waals surface area contributed by atoms with Crippen molar-refractivity contribution < 1.29 is 10.2 Å². The number of aliphatic hydroxyl groups excluding tert-OH is 2. The molecule has 1 saturated heterocycles. The van der Waals surface area contributed by atoms with Gasteiger partial charge in [-0.05, 0) is 49.4 Å². The van der Waals surface area contributed by atoms with E-state index in [-0.39, 0.29) is 0 Å². The minimum Gasteiger partial charge on any atom is -0.389 e. The van der Waals surface area contributed by atoms with Crippen LogP contribution in [0.25, 0.3) is 16.7 Å². The Bertz CT molecular complexity index is 1380. The van der Waals surface area contributed by atoms with Gasteiger partial charge in [-0.15, -0.1) is 0 Å². The summed E-state index contributed by atoms with van der Waals surface area (Å²) < 4.78 is 3.99. The molecule has 4 aromatic rings. The molecule has 9 heteroatoms. The average molecular weight is 488 g/mol. The number of hydrogen-bond acceptors (Lipinski definition) is 7. The Morgan fingerprint density at radius 1 is 1.06 bits per heavy atom. The second-order valence-corrected chi connectivity index (χ2v) is 10.3. The van der Waals surface area contributed by atoms with Crippen molar-refractivity contribution in [2.75, 3.05) is 18.4 Å². The zero-order chi connectivity index (χ0) is 24.8. The number of aryl methyl sites for hydroxylation is 2. The Balaban J connectivity index is 1.23. The van der Waals surface area contributed by atoms with Crippen molar-refractivity contribution in [1.82, 2.24) is 29.2 Å². The summed E-state index contributed by atoms with van der Waals surface area (Å²) in [5.74, 6) is 1.84. The summed E-state index contributed by atoms with van der Waals surface area (Å²) in [6.07, 6.45) is 9.77. The summed E-state index contributed by atoms with van der Waals surface area (Å²) in [6.45, 7) is 3.51. The molecule has 1 aliphatic carbocycles.